The molecular weight excluding hydrogens is 361 g/mol. The van der Waals surface area contributed by atoms with Crippen molar-refractivity contribution in [2.24, 2.45) is 0 Å². The van der Waals surface area contributed by atoms with Gasteiger partial charge in [-0.25, -0.2) is 9.37 Å². The predicted molar refractivity (Wildman–Crippen MR) is 97.9 cm³/mol. The Labute approximate surface area is 152 Å². The number of aromatic amines is 1. The third kappa shape index (κ3) is 3.80. The smallest absolute Gasteiger partial charge is 0.253 e. The first-order valence-corrected chi connectivity index (χ1v) is 8.10. The van der Waals surface area contributed by atoms with Crippen molar-refractivity contribution in [2.75, 3.05) is 10.6 Å². The average Bonchev–Trinajstić information content (AvgIpc) is 2.54. The lowest BCUT2D eigenvalue weighted by Crippen LogP contribution is -2.20. The van der Waals surface area contributed by atoms with Crippen molar-refractivity contribution < 1.29 is 9.18 Å². The van der Waals surface area contributed by atoms with Crippen molar-refractivity contribution in [1.29, 1.82) is 0 Å². The van der Waals surface area contributed by atoms with Gasteiger partial charge in [0.1, 0.15) is 11.6 Å². The van der Waals surface area contributed by atoms with Gasteiger partial charge in [-0.2, -0.15) is 4.98 Å². The van der Waals surface area contributed by atoms with Crippen LogP contribution in [-0.2, 0) is 4.79 Å². The molecule has 26 heavy (non-hydrogen) atoms. The number of aromatic nitrogens is 3. The van der Waals surface area contributed by atoms with Gasteiger partial charge >= 0.3 is 0 Å². The fourth-order valence-corrected chi connectivity index (χ4v) is 2.74. The number of carbonyl (C=O) groups excluding carboxylic acids is 1. The highest BCUT2D eigenvalue weighted by molar-refractivity contribution is 6.31. The summed E-state index contributed by atoms with van der Waals surface area (Å²) >= 11 is 5.88. The normalized spacial score (nSPS) is 12.0. The van der Waals surface area contributed by atoms with Crippen LogP contribution in [0.3, 0.4) is 0 Å². The third-order valence-electron chi connectivity index (χ3n) is 3.67. The molecule has 134 valence electrons. The van der Waals surface area contributed by atoms with Crippen molar-refractivity contribution in [1.82, 2.24) is 15.0 Å². The summed E-state index contributed by atoms with van der Waals surface area (Å²) in [6.45, 7) is 3.11. The van der Waals surface area contributed by atoms with E-state index >= 15 is 0 Å². The van der Waals surface area contributed by atoms with Crippen molar-refractivity contribution in [3.05, 3.63) is 57.2 Å². The van der Waals surface area contributed by atoms with Gasteiger partial charge in [0.25, 0.3) is 5.56 Å². The molecule has 0 saturated carbocycles. The zero-order valence-corrected chi connectivity index (χ0v) is 14.7. The summed E-state index contributed by atoms with van der Waals surface area (Å²) in [6, 6.07) is 5.35. The Hall–Kier alpha value is -3.00. The summed E-state index contributed by atoms with van der Waals surface area (Å²) in [4.78, 5) is 34.2. The van der Waals surface area contributed by atoms with Crippen LogP contribution in [0.25, 0.3) is 10.9 Å². The van der Waals surface area contributed by atoms with Gasteiger partial charge in [-0.05, 0) is 31.2 Å². The molecule has 0 fully saturated rings. The molecule has 0 aliphatic carbocycles. The summed E-state index contributed by atoms with van der Waals surface area (Å²) < 4.78 is 13.9. The second-order valence-electron chi connectivity index (χ2n) is 5.72. The summed E-state index contributed by atoms with van der Waals surface area (Å²) in [5, 5.41) is 6.25. The number of rotatable bonds is 4. The number of hydrogen-bond acceptors (Lipinski definition) is 5. The van der Waals surface area contributed by atoms with Crippen LogP contribution in [0.4, 0.5) is 16.2 Å². The fraction of sp³-hybridized carbons (Fsp3) is 0.176. The topological polar surface area (TPSA) is 99.8 Å². The molecule has 3 rings (SSSR count). The molecule has 0 spiro atoms. The predicted octanol–water partition coefficient (Wildman–Crippen LogP) is 3.24. The second-order valence-corrected chi connectivity index (χ2v) is 6.15. The Morgan fingerprint density at radius 1 is 1.35 bits per heavy atom. The Balaban J connectivity index is 1.93. The Kier molecular flexibility index (Phi) is 4.85. The van der Waals surface area contributed by atoms with E-state index in [1.807, 2.05) is 0 Å². The molecule has 0 aliphatic rings. The monoisotopic (exact) mass is 375 g/mol. The molecule has 1 amide bonds. The van der Waals surface area contributed by atoms with E-state index in [-0.39, 0.29) is 22.4 Å². The molecule has 0 aliphatic heterocycles. The maximum atomic E-state index is 13.9. The van der Waals surface area contributed by atoms with Gasteiger partial charge < -0.3 is 15.6 Å². The molecule has 7 nitrogen and oxygen atoms in total. The summed E-state index contributed by atoms with van der Waals surface area (Å²) in [5.74, 6) is -0.278. The van der Waals surface area contributed by atoms with Crippen LogP contribution in [0.2, 0.25) is 5.02 Å². The minimum absolute atomic E-state index is 0.0965. The summed E-state index contributed by atoms with van der Waals surface area (Å²) in [6.07, 6.45) is 1.48. The first kappa shape index (κ1) is 17.8. The molecule has 2 aromatic heterocycles. The number of pyridine rings is 1. The van der Waals surface area contributed by atoms with Crippen LogP contribution in [0.5, 0.6) is 0 Å². The van der Waals surface area contributed by atoms with Gasteiger partial charge in [-0.3, -0.25) is 9.59 Å². The molecule has 3 aromatic rings. The van der Waals surface area contributed by atoms with E-state index in [0.717, 1.165) is 6.07 Å². The number of halogens is 2. The quantitative estimate of drug-likeness (QED) is 0.650. The number of hydrogen-bond donors (Lipinski definition) is 3. The van der Waals surface area contributed by atoms with Gasteiger partial charge in [0, 0.05) is 29.1 Å². The van der Waals surface area contributed by atoms with Crippen LogP contribution < -0.4 is 16.2 Å². The van der Waals surface area contributed by atoms with Crippen molar-refractivity contribution in [2.45, 2.75) is 19.9 Å². The molecule has 0 radical (unpaired) electrons. The molecule has 3 N–H and O–H groups in total. The maximum Gasteiger partial charge on any atom is 0.253 e. The molecule has 0 bridgehead atoms. The summed E-state index contributed by atoms with van der Waals surface area (Å²) in [7, 11) is 0. The van der Waals surface area contributed by atoms with Gasteiger partial charge in [-0.1, -0.05) is 11.6 Å². The summed E-state index contributed by atoms with van der Waals surface area (Å²) in [5.41, 5.74) is 0.0312. The highest BCUT2D eigenvalue weighted by Crippen LogP contribution is 2.23. The van der Waals surface area contributed by atoms with E-state index in [2.05, 4.69) is 25.6 Å². The molecular formula is C17H15ClFN5O2. The van der Waals surface area contributed by atoms with Crippen LogP contribution >= 0.6 is 11.6 Å². The molecule has 0 saturated heterocycles. The van der Waals surface area contributed by atoms with Crippen molar-refractivity contribution in [3.63, 3.8) is 0 Å². The van der Waals surface area contributed by atoms with Crippen LogP contribution in [0.1, 0.15) is 25.5 Å². The molecule has 1 aromatic carbocycles. The first-order chi connectivity index (χ1) is 12.3. The molecule has 9 heteroatoms. The SMILES string of the molecule is CC(=O)Nc1ccnc(N[C@@H](C)c2cc3cc(Cl)cc(F)c3[nH]c2=O)n1. The average molecular weight is 376 g/mol. The number of nitrogens with one attached hydrogen (secondary N) is 3. The Morgan fingerprint density at radius 2 is 2.12 bits per heavy atom. The lowest BCUT2D eigenvalue weighted by atomic mass is 10.1. The Bertz CT molecular complexity index is 1050. The number of nitrogens with zero attached hydrogens (tertiary/aromatic N) is 2. The lowest BCUT2D eigenvalue weighted by molar-refractivity contribution is -0.114. The van der Waals surface area contributed by atoms with Crippen LogP contribution in [0, 0.1) is 5.82 Å². The van der Waals surface area contributed by atoms with Gasteiger partial charge in [0.15, 0.2) is 0 Å². The number of H-pyrrole nitrogens is 1. The van der Waals surface area contributed by atoms with E-state index < -0.39 is 17.4 Å². The van der Waals surface area contributed by atoms with Gasteiger partial charge in [-0.15, -0.1) is 0 Å². The fourth-order valence-electron chi connectivity index (χ4n) is 2.53. The van der Waals surface area contributed by atoms with Gasteiger partial charge in [0.2, 0.25) is 11.9 Å². The molecule has 2 heterocycles. The van der Waals surface area contributed by atoms with Crippen LogP contribution in [-0.4, -0.2) is 20.9 Å². The minimum Gasteiger partial charge on any atom is -0.347 e. The number of carbonyl (C=O) groups is 1. The highest BCUT2D eigenvalue weighted by Gasteiger charge is 2.14. The van der Waals surface area contributed by atoms with E-state index in [1.165, 1.54) is 13.1 Å². The highest BCUT2D eigenvalue weighted by atomic mass is 35.5. The first-order valence-electron chi connectivity index (χ1n) is 7.72. The maximum absolute atomic E-state index is 13.9. The standard InChI is InChI=1S/C17H15ClFN5O2/c1-8(21-17-20-4-3-14(23-17)22-9(2)25)12-6-10-5-11(18)7-13(19)15(10)24-16(12)26/h3-8H,1-2H3,(H,24,26)(H2,20,21,22,23,25)/t8-/m0/s1. The minimum atomic E-state index is -0.594. The van der Waals surface area contributed by atoms with Crippen molar-refractivity contribution >= 4 is 40.2 Å². The molecule has 1 atom stereocenters. The number of amides is 1. The Morgan fingerprint density at radius 3 is 2.85 bits per heavy atom. The lowest BCUT2D eigenvalue weighted by Gasteiger charge is -2.15. The van der Waals surface area contributed by atoms with Crippen LogP contribution in [0.15, 0.2) is 35.3 Å². The zero-order chi connectivity index (χ0) is 18.8. The van der Waals surface area contributed by atoms with E-state index in [9.17, 15) is 14.0 Å². The van der Waals surface area contributed by atoms with Gasteiger partial charge in [0.05, 0.1) is 11.6 Å². The number of benzene rings is 1. The van der Waals surface area contributed by atoms with E-state index in [1.54, 1.807) is 25.1 Å². The van der Waals surface area contributed by atoms with Crippen molar-refractivity contribution in [3.8, 4) is 0 Å². The zero-order valence-electron chi connectivity index (χ0n) is 13.9. The van der Waals surface area contributed by atoms with E-state index in [0.29, 0.717) is 16.8 Å². The third-order valence-corrected chi connectivity index (χ3v) is 3.89. The number of anilines is 2. The van der Waals surface area contributed by atoms with E-state index in [4.69, 9.17) is 11.6 Å². The second kappa shape index (κ2) is 7.09. The number of fused-ring (bicyclic) bond motifs is 1. The molecule has 0 unspecified atom stereocenters. The largest absolute Gasteiger partial charge is 0.347 e.